The van der Waals surface area contributed by atoms with E-state index in [1.807, 2.05) is 18.0 Å². The average Bonchev–Trinajstić information content (AvgIpc) is 3.74. The van der Waals surface area contributed by atoms with Crippen LogP contribution in [0.4, 0.5) is 0 Å². The Hall–Kier alpha value is -4.24. The zero-order chi connectivity index (χ0) is 37.1. The van der Waals surface area contributed by atoms with Crippen LogP contribution in [0.25, 0.3) is 38.8 Å². The van der Waals surface area contributed by atoms with Gasteiger partial charge in [-0.25, -0.2) is 0 Å². The van der Waals surface area contributed by atoms with E-state index in [0.29, 0.717) is 0 Å². The molecular weight excluding hydrogens is 858 g/mol. The largest absolute Gasteiger partial charge is 2.00 e. The van der Waals surface area contributed by atoms with E-state index in [0.717, 1.165) is 44.3 Å². The summed E-state index contributed by atoms with van der Waals surface area (Å²) < 4.78 is 2.37. The first-order chi connectivity index (χ1) is 25.3. The van der Waals surface area contributed by atoms with E-state index >= 15 is 0 Å². The molecule has 3 nitrogen and oxygen atoms in total. The molecule has 0 radical (unpaired) electrons. The Morgan fingerprint density at radius 3 is 2.04 bits per heavy atom. The van der Waals surface area contributed by atoms with Crippen LogP contribution in [-0.2, 0) is 31.9 Å². The van der Waals surface area contributed by atoms with Gasteiger partial charge in [-0.1, -0.05) is 138 Å². The number of rotatable bonds is 6. The molecule has 0 fully saturated rings. The number of hydrogen-bond acceptors (Lipinski definition) is 3. The number of hydrogen-bond donors (Lipinski definition) is 0. The van der Waals surface area contributed by atoms with Gasteiger partial charge in [0.2, 0.25) is 0 Å². The summed E-state index contributed by atoms with van der Waals surface area (Å²) in [7, 11) is 0. The van der Waals surface area contributed by atoms with Crippen molar-refractivity contribution in [2.45, 2.75) is 78.2 Å². The Kier molecular flexibility index (Phi) is 10.4. The topological polar surface area (TPSA) is 30.2 Å². The summed E-state index contributed by atoms with van der Waals surface area (Å²) in [4.78, 5) is 10.4. The van der Waals surface area contributed by atoms with Crippen LogP contribution >= 0.6 is 11.8 Å². The molecule has 274 valence electrons. The number of nitrogens with zero attached hydrogens (tertiary/aromatic N) is 3. The van der Waals surface area contributed by atoms with Gasteiger partial charge >= 0.3 is 21.1 Å². The predicted molar refractivity (Wildman–Crippen MR) is 226 cm³/mol. The van der Waals surface area contributed by atoms with Crippen LogP contribution in [0.15, 0.2) is 120 Å². The first-order valence-corrected chi connectivity index (χ1v) is 19.7. The molecule has 0 N–H and O–H groups in total. The molecule has 0 bridgehead atoms. The molecule has 2 aromatic heterocycles. The maximum atomic E-state index is 5.51. The Bertz CT molecular complexity index is 2460. The molecule has 1 atom stereocenters. The summed E-state index contributed by atoms with van der Waals surface area (Å²) in [5.74, 6) is 1.09. The molecule has 0 saturated heterocycles. The van der Waals surface area contributed by atoms with Crippen molar-refractivity contribution in [1.82, 2.24) is 9.55 Å². The van der Waals surface area contributed by atoms with E-state index in [9.17, 15) is 0 Å². The Morgan fingerprint density at radius 2 is 1.39 bits per heavy atom. The molecule has 0 unspecified atom stereocenters. The van der Waals surface area contributed by atoms with Crippen LogP contribution in [-0.4, -0.2) is 26.4 Å². The van der Waals surface area contributed by atoms with Gasteiger partial charge in [0.1, 0.15) is 0 Å². The first-order valence-electron chi connectivity index (χ1n) is 18.7. The van der Waals surface area contributed by atoms with E-state index in [2.05, 4.69) is 181 Å². The van der Waals surface area contributed by atoms with Crippen molar-refractivity contribution in [2.24, 2.45) is 4.99 Å². The molecule has 8 rings (SSSR count). The number of thioether (sulfide) groups is 1. The molecule has 7 aromatic rings. The summed E-state index contributed by atoms with van der Waals surface area (Å²) in [6.07, 6.45) is 1.94. The Labute approximate surface area is 339 Å². The molecule has 5 heteroatoms. The predicted octanol–water partition coefficient (Wildman–Crippen LogP) is 12.3. The molecule has 0 aliphatic carbocycles. The summed E-state index contributed by atoms with van der Waals surface area (Å²) in [6.45, 7) is 18.0. The SMILES string of the molecule is Cc1ccc2c(c1)c1cc(C)c(-c3cc(C(C)(C)C)ccn3)[c-]c1n2-c1[c-]c(C2=N[C@H](C(c3ccccc3)c3ccccc3)CS2)cc(C(C)(C)C)c1.[Pt+2]. The van der Waals surface area contributed by atoms with Crippen molar-refractivity contribution in [3.8, 4) is 16.9 Å². The second kappa shape index (κ2) is 14.8. The monoisotopic (exact) mass is 904 g/mol. The van der Waals surface area contributed by atoms with Crippen molar-refractivity contribution in [3.05, 3.63) is 166 Å². The van der Waals surface area contributed by atoms with E-state index in [-0.39, 0.29) is 43.9 Å². The van der Waals surface area contributed by atoms with Gasteiger partial charge in [-0.2, -0.15) is 11.8 Å². The summed E-state index contributed by atoms with van der Waals surface area (Å²) in [6, 6.07) is 47.8. The van der Waals surface area contributed by atoms with Crippen LogP contribution in [0.5, 0.6) is 0 Å². The molecule has 1 aliphatic rings. The average molecular weight is 905 g/mol. The molecule has 54 heavy (non-hydrogen) atoms. The van der Waals surface area contributed by atoms with Crippen molar-refractivity contribution in [1.29, 1.82) is 0 Å². The Balaban J connectivity index is 0.00000450. The number of pyridine rings is 1. The number of fused-ring (bicyclic) bond motifs is 3. The van der Waals surface area contributed by atoms with Gasteiger partial charge in [-0.05, 0) is 68.9 Å². The summed E-state index contributed by atoms with van der Waals surface area (Å²) >= 11 is 1.85. The van der Waals surface area contributed by atoms with E-state index in [1.54, 1.807) is 0 Å². The summed E-state index contributed by atoms with van der Waals surface area (Å²) in [5, 5.41) is 3.47. The standard InChI is InChI=1S/C49H47N3S.Pt/c1-31-19-20-44-40(23-31)41-24-32(2)39(42-28-36(21-22-50-42)48(3,4)5)29-45(41)52(44)38-26-35(25-37(27-38)49(6,7)8)47-51-43(30-53-47)46(33-15-11-9-12-16-33)34-17-13-10-14-18-34;/h9-25,27-28,43,46H,30H2,1-8H3;/q-2;+2/t43-;/m0./s1. The van der Waals surface area contributed by atoms with Crippen LogP contribution in [0.2, 0.25) is 0 Å². The van der Waals surface area contributed by atoms with Crippen molar-refractivity contribution >= 4 is 38.6 Å². The maximum Gasteiger partial charge on any atom is 2.00 e. The van der Waals surface area contributed by atoms with Gasteiger partial charge in [0.25, 0.3) is 0 Å². The molecule has 0 spiro atoms. The molecule has 0 amide bonds. The molecular formula is C49H47N3PtS. The van der Waals surface area contributed by atoms with Crippen LogP contribution < -0.4 is 0 Å². The molecule has 5 aromatic carbocycles. The normalized spacial score (nSPS) is 14.8. The zero-order valence-electron chi connectivity index (χ0n) is 32.4. The van der Waals surface area contributed by atoms with Gasteiger partial charge in [0.15, 0.2) is 0 Å². The fourth-order valence-corrected chi connectivity index (χ4v) is 8.71. The van der Waals surface area contributed by atoms with Crippen molar-refractivity contribution in [3.63, 3.8) is 0 Å². The minimum absolute atomic E-state index is 0. The number of benzene rings is 5. The van der Waals surface area contributed by atoms with Crippen LogP contribution in [0.1, 0.15) is 86.4 Å². The Morgan fingerprint density at radius 1 is 0.722 bits per heavy atom. The van der Waals surface area contributed by atoms with Gasteiger partial charge in [-0.15, -0.1) is 52.6 Å². The fourth-order valence-electron chi connectivity index (χ4n) is 7.64. The van der Waals surface area contributed by atoms with Crippen LogP contribution in [0.3, 0.4) is 0 Å². The van der Waals surface area contributed by atoms with Crippen molar-refractivity contribution in [2.75, 3.05) is 5.75 Å². The maximum absolute atomic E-state index is 5.51. The molecule has 3 heterocycles. The first kappa shape index (κ1) is 38.0. The minimum atomic E-state index is -0.0867. The summed E-state index contributed by atoms with van der Waals surface area (Å²) in [5.41, 5.74) is 13.7. The van der Waals surface area contributed by atoms with E-state index in [1.165, 1.54) is 44.2 Å². The molecule has 0 saturated carbocycles. The third-order valence-corrected chi connectivity index (χ3v) is 11.7. The van der Waals surface area contributed by atoms with E-state index in [4.69, 9.17) is 9.98 Å². The fraction of sp³-hybridized carbons (Fsp3) is 0.265. The number of aryl methyl sites for hydroxylation is 2. The third-order valence-electron chi connectivity index (χ3n) is 10.6. The van der Waals surface area contributed by atoms with Gasteiger partial charge in [0, 0.05) is 28.4 Å². The third kappa shape index (κ3) is 7.28. The smallest absolute Gasteiger partial charge is 0.346 e. The van der Waals surface area contributed by atoms with Gasteiger partial charge in [0.05, 0.1) is 6.04 Å². The van der Waals surface area contributed by atoms with Gasteiger partial charge in [-0.3, -0.25) is 0 Å². The second-order valence-corrected chi connectivity index (χ2v) is 17.7. The second-order valence-electron chi connectivity index (χ2n) is 16.7. The minimum Gasteiger partial charge on any atom is -0.346 e. The van der Waals surface area contributed by atoms with Crippen molar-refractivity contribution < 1.29 is 21.1 Å². The van der Waals surface area contributed by atoms with Gasteiger partial charge < -0.3 is 14.5 Å². The number of aliphatic imine (C=N–C) groups is 1. The quantitative estimate of drug-likeness (QED) is 0.156. The molecule has 1 aliphatic heterocycles. The van der Waals surface area contributed by atoms with Crippen LogP contribution in [0, 0.1) is 26.0 Å². The zero-order valence-corrected chi connectivity index (χ0v) is 35.5. The van der Waals surface area contributed by atoms with E-state index < -0.39 is 0 Å². The number of aromatic nitrogens is 2.